The summed E-state index contributed by atoms with van der Waals surface area (Å²) in [4.78, 5) is 24.3. The smallest absolute Gasteiger partial charge is 0.229 e. The number of hydrogen-bond acceptors (Lipinski definition) is 6. The van der Waals surface area contributed by atoms with E-state index in [4.69, 9.17) is 10.7 Å². The number of aromatic nitrogens is 2. The van der Waals surface area contributed by atoms with Gasteiger partial charge in [0, 0.05) is 47.8 Å². The summed E-state index contributed by atoms with van der Waals surface area (Å²) in [6.45, 7) is 1.81. The van der Waals surface area contributed by atoms with Crippen LogP contribution in [0, 0.1) is 5.82 Å². The van der Waals surface area contributed by atoms with E-state index in [9.17, 15) is 9.18 Å². The van der Waals surface area contributed by atoms with Crippen molar-refractivity contribution in [3.8, 4) is 0 Å². The SMILES string of the molecule is Nc1nc(N2CCCCC2)nc2c1[C@H](c1ccccc1F)C1=C(CCCC1=O)N2. The number of nitrogens with two attached hydrogens (primary N) is 1. The predicted molar refractivity (Wildman–Crippen MR) is 110 cm³/mol. The zero-order chi connectivity index (χ0) is 20.0. The molecule has 0 spiro atoms. The van der Waals surface area contributed by atoms with Gasteiger partial charge in [-0.3, -0.25) is 4.79 Å². The van der Waals surface area contributed by atoms with Crippen molar-refractivity contribution in [1.82, 2.24) is 9.97 Å². The number of nitrogens with one attached hydrogen (secondary N) is 1. The second-order valence-electron chi connectivity index (χ2n) is 7.97. The van der Waals surface area contributed by atoms with Crippen molar-refractivity contribution < 1.29 is 9.18 Å². The average Bonchev–Trinajstić information content (AvgIpc) is 2.73. The minimum absolute atomic E-state index is 0.0390. The zero-order valence-corrected chi connectivity index (χ0v) is 16.2. The van der Waals surface area contributed by atoms with Crippen LogP contribution in [0.3, 0.4) is 0 Å². The van der Waals surface area contributed by atoms with Gasteiger partial charge in [0.15, 0.2) is 5.78 Å². The first kappa shape index (κ1) is 18.1. The fourth-order valence-corrected chi connectivity index (χ4v) is 4.73. The van der Waals surface area contributed by atoms with Gasteiger partial charge in [-0.2, -0.15) is 9.97 Å². The number of nitrogens with zero attached hydrogens (tertiary/aromatic N) is 3. The molecule has 5 rings (SSSR count). The van der Waals surface area contributed by atoms with Crippen LogP contribution in [0.4, 0.5) is 22.0 Å². The van der Waals surface area contributed by atoms with E-state index in [0.29, 0.717) is 40.7 Å². The third-order valence-electron chi connectivity index (χ3n) is 6.12. The van der Waals surface area contributed by atoms with Crippen molar-refractivity contribution in [3.05, 3.63) is 52.5 Å². The molecule has 1 aromatic carbocycles. The van der Waals surface area contributed by atoms with Crippen LogP contribution >= 0.6 is 0 Å². The molecule has 1 saturated heterocycles. The van der Waals surface area contributed by atoms with E-state index in [1.807, 2.05) is 0 Å². The topological polar surface area (TPSA) is 84.1 Å². The quantitative estimate of drug-likeness (QED) is 0.808. The summed E-state index contributed by atoms with van der Waals surface area (Å²) in [5.41, 5.74) is 8.91. The summed E-state index contributed by atoms with van der Waals surface area (Å²) in [5, 5.41) is 3.35. The first-order valence-corrected chi connectivity index (χ1v) is 10.3. The average molecular weight is 393 g/mol. The Morgan fingerprint density at radius 1 is 1.07 bits per heavy atom. The first-order chi connectivity index (χ1) is 14.1. The Kier molecular flexibility index (Phi) is 4.45. The standard InChI is InChI=1S/C22H24FN5O/c23-14-8-3-2-7-13(14)17-18-15(9-6-10-16(18)29)25-21-19(17)20(24)26-22(27-21)28-11-4-1-5-12-28/h2-3,7-8,17H,1,4-6,9-12H2,(H3,24,25,26,27)/t17-/m1/s1. The highest BCUT2D eigenvalue weighted by atomic mass is 19.1. The van der Waals surface area contributed by atoms with Crippen molar-refractivity contribution in [2.75, 3.05) is 29.0 Å². The van der Waals surface area contributed by atoms with E-state index in [2.05, 4.69) is 15.2 Å². The molecule has 0 unspecified atom stereocenters. The Balaban J connectivity index is 1.68. The lowest BCUT2D eigenvalue weighted by Gasteiger charge is -2.35. The van der Waals surface area contributed by atoms with Crippen molar-refractivity contribution in [3.63, 3.8) is 0 Å². The van der Waals surface area contributed by atoms with Crippen LogP contribution in [-0.4, -0.2) is 28.8 Å². The molecule has 3 N–H and O–H groups in total. The van der Waals surface area contributed by atoms with Gasteiger partial charge in [-0.15, -0.1) is 0 Å². The van der Waals surface area contributed by atoms with Gasteiger partial charge in [-0.05, 0) is 38.2 Å². The van der Waals surface area contributed by atoms with E-state index in [-0.39, 0.29) is 11.6 Å². The van der Waals surface area contributed by atoms with Gasteiger partial charge in [0.05, 0.1) is 0 Å². The predicted octanol–water partition coefficient (Wildman–Crippen LogP) is 3.75. The third kappa shape index (κ3) is 3.05. The highest BCUT2D eigenvalue weighted by Crippen LogP contribution is 2.47. The van der Waals surface area contributed by atoms with Gasteiger partial charge in [0.2, 0.25) is 5.95 Å². The number of benzene rings is 1. The number of fused-ring (bicyclic) bond motifs is 1. The van der Waals surface area contributed by atoms with E-state index in [1.54, 1.807) is 18.2 Å². The molecule has 1 atom stereocenters. The van der Waals surface area contributed by atoms with Crippen molar-refractivity contribution >= 4 is 23.4 Å². The molecule has 29 heavy (non-hydrogen) atoms. The van der Waals surface area contributed by atoms with Gasteiger partial charge < -0.3 is 16.0 Å². The number of allylic oxidation sites excluding steroid dienone is 2. The van der Waals surface area contributed by atoms with Crippen LogP contribution in [0.25, 0.3) is 0 Å². The molecule has 0 radical (unpaired) electrons. The zero-order valence-electron chi connectivity index (χ0n) is 16.2. The minimum atomic E-state index is -0.578. The van der Waals surface area contributed by atoms with E-state index >= 15 is 0 Å². The maximum absolute atomic E-state index is 14.8. The summed E-state index contributed by atoms with van der Waals surface area (Å²) in [6.07, 6.45) is 5.42. The number of ketones is 1. The Morgan fingerprint density at radius 3 is 2.66 bits per heavy atom. The van der Waals surface area contributed by atoms with Gasteiger partial charge in [-0.1, -0.05) is 18.2 Å². The molecular formula is C22H24FN5O. The second-order valence-corrected chi connectivity index (χ2v) is 7.97. The van der Waals surface area contributed by atoms with Gasteiger partial charge in [-0.25, -0.2) is 4.39 Å². The number of rotatable bonds is 2. The molecule has 1 aliphatic carbocycles. The number of hydrogen-bond donors (Lipinski definition) is 2. The fourth-order valence-electron chi connectivity index (χ4n) is 4.73. The van der Waals surface area contributed by atoms with Crippen LogP contribution in [0.15, 0.2) is 35.5 Å². The largest absolute Gasteiger partial charge is 0.383 e. The number of carbonyl (C=O) groups is 1. The molecule has 150 valence electrons. The van der Waals surface area contributed by atoms with Crippen LogP contribution in [-0.2, 0) is 4.79 Å². The van der Waals surface area contributed by atoms with Crippen LogP contribution in [0.2, 0.25) is 0 Å². The summed E-state index contributed by atoms with van der Waals surface area (Å²) in [5.74, 6) is 0.617. The monoisotopic (exact) mass is 393 g/mol. The lowest BCUT2D eigenvalue weighted by molar-refractivity contribution is -0.116. The maximum atomic E-state index is 14.8. The molecule has 3 aliphatic rings. The molecule has 1 fully saturated rings. The van der Waals surface area contributed by atoms with Crippen molar-refractivity contribution in [2.45, 2.75) is 44.4 Å². The van der Waals surface area contributed by atoms with Gasteiger partial charge in [0.25, 0.3) is 0 Å². The highest BCUT2D eigenvalue weighted by molar-refractivity contribution is 6.01. The normalized spacial score (nSPS) is 21.5. The Morgan fingerprint density at radius 2 is 1.86 bits per heavy atom. The lowest BCUT2D eigenvalue weighted by atomic mass is 9.76. The Hall–Kier alpha value is -2.96. The van der Waals surface area contributed by atoms with E-state index in [0.717, 1.165) is 44.5 Å². The molecule has 6 nitrogen and oxygen atoms in total. The number of anilines is 3. The van der Waals surface area contributed by atoms with Crippen LogP contribution < -0.4 is 16.0 Å². The van der Waals surface area contributed by atoms with Crippen LogP contribution in [0.5, 0.6) is 0 Å². The molecule has 0 amide bonds. The summed E-state index contributed by atoms with van der Waals surface area (Å²) >= 11 is 0. The first-order valence-electron chi connectivity index (χ1n) is 10.3. The summed E-state index contributed by atoms with van der Waals surface area (Å²) in [7, 11) is 0. The molecule has 7 heteroatoms. The third-order valence-corrected chi connectivity index (χ3v) is 6.12. The molecule has 2 aromatic rings. The summed E-state index contributed by atoms with van der Waals surface area (Å²) in [6, 6.07) is 6.58. The van der Waals surface area contributed by atoms with Gasteiger partial charge in [0.1, 0.15) is 17.5 Å². The van der Waals surface area contributed by atoms with E-state index in [1.165, 1.54) is 12.5 Å². The highest BCUT2D eigenvalue weighted by Gasteiger charge is 2.39. The minimum Gasteiger partial charge on any atom is -0.383 e. The molecule has 3 heterocycles. The number of halogens is 1. The van der Waals surface area contributed by atoms with Gasteiger partial charge >= 0.3 is 0 Å². The van der Waals surface area contributed by atoms with Crippen molar-refractivity contribution in [1.29, 1.82) is 0 Å². The number of Topliss-reactive ketones (excluding diaryl/α,β-unsaturated/α-hetero) is 1. The van der Waals surface area contributed by atoms with E-state index < -0.39 is 5.92 Å². The molecule has 0 bridgehead atoms. The maximum Gasteiger partial charge on any atom is 0.229 e. The molecule has 1 aromatic heterocycles. The Labute approximate surface area is 169 Å². The van der Waals surface area contributed by atoms with Crippen LogP contribution in [0.1, 0.15) is 55.6 Å². The van der Waals surface area contributed by atoms with Crippen molar-refractivity contribution in [2.24, 2.45) is 0 Å². The molecular weight excluding hydrogens is 369 g/mol. The number of piperidine rings is 1. The second kappa shape index (κ2) is 7.13. The fraction of sp³-hybridized carbons (Fsp3) is 0.409. The lowest BCUT2D eigenvalue weighted by Crippen LogP contribution is -2.33. The number of carbonyl (C=O) groups excluding carboxylic acids is 1. The number of nitrogen functional groups attached to an aromatic ring is 1. The molecule has 2 aliphatic heterocycles. The molecule has 0 saturated carbocycles. The summed E-state index contributed by atoms with van der Waals surface area (Å²) < 4.78 is 14.8. The Bertz CT molecular complexity index is 1010.